The molecule has 48 heavy (non-hydrogen) atoms. The summed E-state index contributed by atoms with van der Waals surface area (Å²) in [6.07, 6.45) is 1.74. The summed E-state index contributed by atoms with van der Waals surface area (Å²) in [4.78, 5) is 28.4. The normalized spacial score (nSPS) is 17.9. The molecule has 1 atom stereocenters. The molecular formula is C36H39N7O5. The molecule has 248 valence electrons. The Hall–Kier alpha value is -5.36. The number of nitro benzene ring substituents is 1. The number of ether oxygens (including phenoxy) is 2. The minimum Gasteiger partial charge on any atom is -0.434 e. The molecule has 6 rings (SSSR count). The van der Waals surface area contributed by atoms with Crippen molar-refractivity contribution in [3.8, 4) is 0 Å². The number of aryl methyl sites for hydroxylation is 1. The van der Waals surface area contributed by atoms with Gasteiger partial charge in [-0.15, -0.1) is 10.2 Å². The molecule has 0 aliphatic carbocycles. The maximum Gasteiger partial charge on any atom is 0.513 e. The standard InChI is InChI=1S/C36H39N7O5/c1-25-31(34-38-40-41(3)39-34)32(29-17-10-11-18-30(29)43(45)46)33(26(2)37-25)48-35(44)47-24-12-21-42-22-19-36(20-23-42,27-13-6-4-7-14-27)28-15-8-5-9-16-28/h4-11,13-18,32,37H,12,19-24H2,1-3H3. The monoisotopic (exact) mass is 649 g/mol. The molecule has 0 amide bonds. The zero-order chi connectivity index (χ0) is 33.7. The molecule has 0 saturated carbocycles. The topological polar surface area (TPSA) is 138 Å². The maximum atomic E-state index is 13.1. The van der Waals surface area contributed by atoms with E-state index in [0.717, 1.165) is 32.5 Å². The molecule has 3 aromatic carbocycles. The SMILES string of the molecule is CC1=C(OC(=O)OCCCN2CCC(c3ccccc3)(c3ccccc3)CC2)C(c2ccccc2[N+](=O)[O-])C(c2nnn(C)n2)=C(C)N1. The minimum atomic E-state index is -0.883. The first kappa shape index (κ1) is 32.6. The summed E-state index contributed by atoms with van der Waals surface area (Å²) in [5.74, 6) is -0.415. The molecule has 1 N–H and O–H groups in total. The lowest BCUT2D eigenvalue weighted by Gasteiger charge is -2.43. The molecule has 12 nitrogen and oxygen atoms in total. The second-order valence-corrected chi connectivity index (χ2v) is 12.2. The van der Waals surface area contributed by atoms with Gasteiger partial charge in [-0.25, -0.2) is 4.79 Å². The number of carbonyl (C=O) groups excluding carboxylic acids is 1. The summed E-state index contributed by atoms with van der Waals surface area (Å²) >= 11 is 0. The lowest BCUT2D eigenvalue weighted by molar-refractivity contribution is -0.385. The lowest BCUT2D eigenvalue weighted by atomic mass is 9.68. The molecule has 12 heteroatoms. The Bertz CT molecular complexity index is 1790. The van der Waals surface area contributed by atoms with Gasteiger partial charge in [0.2, 0.25) is 5.82 Å². The molecule has 2 aliphatic rings. The number of nitrogens with zero attached hydrogens (tertiary/aromatic N) is 6. The van der Waals surface area contributed by atoms with E-state index in [-0.39, 0.29) is 29.3 Å². The largest absolute Gasteiger partial charge is 0.513 e. The number of dihydropyridines is 1. The van der Waals surface area contributed by atoms with Crippen LogP contribution in [0.2, 0.25) is 0 Å². The van der Waals surface area contributed by atoms with Crippen molar-refractivity contribution < 1.29 is 19.2 Å². The third-order valence-electron chi connectivity index (χ3n) is 9.29. The van der Waals surface area contributed by atoms with Crippen LogP contribution in [0.1, 0.15) is 61.5 Å². The van der Waals surface area contributed by atoms with Crippen LogP contribution in [-0.2, 0) is 21.9 Å². The van der Waals surface area contributed by atoms with Gasteiger partial charge in [-0.2, -0.15) is 4.80 Å². The number of nitro groups is 1. The number of nitrogens with one attached hydrogen (secondary N) is 1. The van der Waals surface area contributed by atoms with E-state index in [0.29, 0.717) is 29.0 Å². The number of piperidine rings is 1. The third-order valence-corrected chi connectivity index (χ3v) is 9.29. The van der Waals surface area contributed by atoms with E-state index in [1.165, 1.54) is 22.0 Å². The highest BCUT2D eigenvalue weighted by atomic mass is 16.7. The van der Waals surface area contributed by atoms with Crippen LogP contribution in [0.4, 0.5) is 10.5 Å². The van der Waals surface area contributed by atoms with Gasteiger partial charge in [0.25, 0.3) is 5.69 Å². The molecule has 1 unspecified atom stereocenters. The predicted octanol–water partition coefficient (Wildman–Crippen LogP) is 6.09. The lowest BCUT2D eigenvalue weighted by Crippen LogP contribution is -2.43. The number of carbonyl (C=O) groups is 1. The second kappa shape index (κ2) is 14.2. The van der Waals surface area contributed by atoms with Crippen LogP contribution in [0.15, 0.2) is 102 Å². The summed E-state index contributed by atoms with van der Waals surface area (Å²) in [7, 11) is 1.63. The maximum absolute atomic E-state index is 13.1. The van der Waals surface area contributed by atoms with Gasteiger partial charge in [-0.3, -0.25) is 10.1 Å². The zero-order valence-electron chi connectivity index (χ0n) is 27.3. The van der Waals surface area contributed by atoms with E-state index in [4.69, 9.17) is 9.47 Å². The van der Waals surface area contributed by atoms with Crippen molar-refractivity contribution in [3.63, 3.8) is 0 Å². The summed E-state index contributed by atoms with van der Waals surface area (Å²) in [6.45, 7) is 6.36. The first-order chi connectivity index (χ1) is 23.3. The quantitative estimate of drug-likeness (QED) is 0.0929. The Morgan fingerprint density at radius 1 is 0.958 bits per heavy atom. The van der Waals surface area contributed by atoms with Crippen molar-refractivity contribution >= 4 is 17.4 Å². The van der Waals surface area contributed by atoms with Gasteiger partial charge in [-0.1, -0.05) is 78.9 Å². The van der Waals surface area contributed by atoms with Crippen LogP contribution in [-0.4, -0.2) is 62.4 Å². The summed E-state index contributed by atoms with van der Waals surface area (Å²) < 4.78 is 11.4. The fourth-order valence-electron chi connectivity index (χ4n) is 6.97. The number of benzene rings is 3. The predicted molar refractivity (Wildman–Crippen MR) is 179 cm³/mol. The van der Waals surface area contributed by atoms with E-state index >= 15 is 0 Å². The molecule has 1 aromatic heterocycles. The molecule has 1 fully saturated rings. The Morgan fingerprint density at radius 3 is 2.19 bits per heavy atom. The van der Waals surface area contributed by atoms with Gasteiger partial charge in [0.05, 0.1) is 30.2 Å². The van der Waals surface area contributed by atoms with Crippen molar-refractivity contribution in [3.05, 3.63) is 135 Å². The van der Waals surface area contributed by atoms with Gasteiger partial charge in [0.15, 0.2) is 0 Å². The Labute approximate surface area is 279 Å². The van der Waals surface area contributed by atoms with E-state index < -0.39 is 17.0 Å². The smallest absolute Gasteiger partial charge is 0.434 e. The number of hydrogen-bond acceptors (Lipinski definition) is 10. The third kappa shape index (κ3) is 6.70. The van der Waals surface area contributed by atoms with E-state index in [1.807, 2.05) is 6.92 Å². The molecule has 0 spiro atoms. The molecule has 4 aromatic rings. The molecule has 0 bridgehead atoms. The van der Waals surface area contributed by atoms with Crippen LogP contribution in [0.25, 0.3) is 5.57 Å². The second-order valence-electron chi connectivity index (χ2n) is 12.2. The van der Waals surface area contributed by atoms with Gasteiger partial charge in [0.1, 0.15) is 5.76 Å². The number of para-hydroxylation sites is 1. The van der Waals surface area contributed by atoms with Crippen LogP contribution in [0, 0.1) is 10.1 Å². The molecular weight excluding hydrogens is 610 g/mol. The van der Waals surface area contributed by atoms with Gasteiger partial charge in [0, 0.05) is 34.9 Å². The van der Waals surface area contributed by atoms with Crippen LogP contribution >= 0.6 is 0 Å². The van der Waals surface area contributed by atoms with E-state index in [9.17, 15) is 14.9 Å². The summed E-state index contributed by atoms with van der Waals surface area (Å²) in [6, 6.07) is 27.8. The van der Waals surface area contributed by atoms with Gasteiger partial charge < -0.3 is 19.7 Å². The van der Waals surface area contributed by atoms with E-state index in [2.05, 4.69) is 86.3 Å². The summed E-state index contributed by atoms with van der Waals surface area (Å²) in [5.41, 5.74) is 4.56. The highest BCUT2D eigenvalue weighted by molar-refractivity contribution is 5.77. The molecule has 1 saturated heterocycles. The van der Waals surface area contributed by atoms with Crippen molar-refractivity contribution in [1.82, 2.24) is 30.4 Å². The average Bonchev–Trinajstić information content (AvgIpc) is 3.54. The highest BCUT2D eigenvalue weighted by Crippen LogP contribution is 2.45. The van der Waals surface area contributed by atoms with Crippen molar-refractivity contribution in [2.75, 3.05) is 26.2 Å². The first-order valence-corrected chi connectivity index (χ1v) is 16.1. The first-order valence-electron chi connectivity index (χ1n) is 16.1. The number of allylic oxidation sites excluding steroid dienone is 3. The number of likely N-dealkylation sites (tertiary alicyclic amines) is 1. The van der Waals surface area contributed by atoms with Crippen LogP contribution in [0.5, 0.6) is 0 Å². The Morgan fingerprint density at radius 2 is 1.58 bits per heavy atom. The van der Waals surface area contributed by atoms with Gasteiger partial charge >= 0.3 is 6.16 Å². The number of hydrogen-bond donors (Lipinski definition) is 1. The van der Waals surface area contributed by atoms with E-state index in [1.54, 1.807) is 32.2 Å². The number of aromatic nitrogens is 4. The minimum absolute atomic E-state index is 0.0319. The number of rotatable bonds is 10. The fraction of sp³-hybridized carbons (Fsp3) is 0.333. The Kier molecular flexibility index (Phi) is 9.62. The van der Waals surface area contributed by atoms with Crippen molar-refractivity contribution in [2.45, 2.75) is 44.4 Å². The van der Waals surface area contributed by atoms with Gasteiger partial charge in [-0.05, 0) is 62.5 Å². The van der Waals surface area contributed by atoms with Crippen molar-refractivity contribution in [2.24, 2.45) is 7.05 Å². The fourth-order valence-corrected chi connectivity index (χ4v) is 6.97. The highest BCUT2D eigenvalue weighted by Gasteiger charge is 2.39. The van der Waals surface area contributed by atoms with Crippen LogP contribution in [0.3, 0.4) is 0 Å². The van der Waals surface area contributed by atoms with Crippen molar-refractivity contribution in [1.29, 1.82) is 0 Å². The molecule has 0 radical (unpaired) electrons. The zero-order valence-corrected chi connectivity index (χ0v) is 27.3. The van der Waals surface area contributed by atoms with Crippen LogP contribution < -0.4 is 5.32 Å². The molecule has 3 heterocycles. The summed E-state index contributed by atoms with van der Waals surface area (Å²) in [5, 5.41) is 27.7. The molecule has 2 aliphatic heterocycles. The average molecular weight is 650 g/mol. The Balaban J connectivity index is 1.10. The number of tetrazole rings is 1.